The molecule has 0 radical (unpaired) electrons. The third-order valence-corrected chi connectivity index (χ3v) is 4.12. The van der Waals surface area contributed by atoms with Crippen molar-refractivity contribution in [2.24, 2.45) is 0 Å². The summed E-state index contributed by atoms with van der Waals surface area (Å²) in [5.41, 5.74) is 3.46. The number of ether oxygens (including phenoxy) is 1. The first-order valence-corrected chi connectivity index (χ1v) is 8.54. The fourth-order valence-electron chi connectivity index (χ4n) is 2.38. The minimum Gasteiger partial charge on any atom is -0.383 e. The molecule has 2 aromatic carbocycles. The molecule has 3 rings (SSSR count). The zero-order valence-corrected chi connectivity index (χ0v) is 15.2. The van der Waals surface area contributed by atoms with Gasteiger partial charge in [-0.05, 0) is 24.3 Å². The van der Waals surface area contributed by atoms with Crippen LogP contribution in [-0.4, -0.2) is 30.2 Å². The first kappa shape index (κ1) is 17.7. The van der Waals surface area contributed by atoms with E-state index >= 15 is 0 Å². The highest BCUT2D eigenvalue weighted by Gasteiger charge is 2.12. The molecule has 0 bridgehead atoms. The van der Waals surface area contributed by atoms with Crippen molar-refractivity contribution in [2.75, 3.05) is 25.6 Å². The lowest BCUT2D eigenvalue weighted by molar-refractivity contribution is 0.210. The lowest BCUT2D eigenvalue weighted by atomic mass is 10.0. The molecule has 6 heteroatoms. The van der Waals surface area contributed by atoms with E-state index in [4.69, 9.17) is 32.9 Å². The van der Waals surface area contributed by atoms with Crippen molar-refractivity contribution in [3.8, 4) is 22.5 Å². The van der Waals surface area contributed by atoms with Crippen LogP contribution in [0.4, 0.5) is 5.82 Å². The third-order valence-electron chi connectivity index (χ3n) is 3.62. The molecule has 0 saturated heterocycles. The summed E-state index contributed by atoms with van der Waals surface area (Å²) in [5, 5.41) is 4.57. The summed E-state index contributed by atoms with van der Waals surface area (Å²) in [5.74, 6) is 0.694. The summed E-state index contributed by atoms with van der Waals surface area (Å²) in [6.07, 6.45) is 1.72. The van der Waals surface area contributed by atoms with E-state index in [2.05, 4.69) is 10.3 Å². The van der Waals surface area contributed by atoms with Gasteiger partial charge in [-0.3, -0.25) is 4.98 Å². The van der Waals surface area contributed by atoms with Crippen molar-refractivity contribution < 1.29 is 4.74 Å². The van der Waals surface area contributed by atoms with Gasteiger partial charge in [0.05, 0.1) is 24.2 Å². The second kappa shape index (κ2) is 8.30. The Balaban J connectivity index is 2.03. The monoisotopic (exact) mass is 373 g/mol. The van der Waals surface area contributed by atoms with E-state index in [1.54, 1.807) is 13.3 Å². The van der Waals surface area contributed by atoms with Gasteiger partial charge in [0.25, 0.3) is 0 Å². The second-order valence-corrected chi connectivity index (χ2v) is 6.26. The number of nitrogens with one attached hydrogen (secondary N) is 1. The molecule has 0 atom stereocenters. The number of hydrogen-bond acceptors (Lipinski definition) is 4. The molecule has 0 amide bonds. The fourth-order valence-corrected chi connectivity index (χ4v) is 2.64. The SMILES string of the molecule is COCCNc1cnc(-c2ccc(Cl)cc2)c(-c2ccc(Cl)cc2)n1. The van der Waals surface area contributed by atoms with Crippen molar-refractivity contribution in [1.82, 2.24) is 9.97 Å². The Kier molecular flexibility index (Phi) is 5.87. The van der Waals surface area contributed by atoms with Gasteiger partial charge in [0.1, 0.15) is 5.82 Å². The van der Waals surface area contributed by atoms with Gasteiger partial charge in [0.2, 0.25) is 0 Å². The summed E-state index contributed by atoms with van der Waals surface area (Å²) in [6.45, 7) is 1.25. The molecule has 25 heavy (non-hydrogen) atoms. The van der Waals surface area contributed by atoms with Crippen molar-refractivity contribution >= 4 is 29.0 Å². The van der Waals surface area contributed by atoms with E-state index in [0.717, 1.165) is 22.5 Å². The van der Waals surface area contributed by atoms with Crippen LogP contribution in [0.5, 0.6) is 0 Å². The maximum atomic E-state index is 6.01. The number of nitrogens with zero attached hydrogens (tertiary/aromatic N) is 2. The number of aromatic nitrogens is 2. The summed E-state index contributed by atoms with van der Waals surface area (Å²) < 4.78 is 5.06. The first-order chi connectivity index (χ1) is 12.2. The highest BCUT2D eigenvalue weighted by molar-refractivity contribution is 6.31. The summed E-state index contributed by atoms with van der Waals surface area (Å²) >= 11 is 12.0. The molecule has 1 N–H and O–H groups in total. The summed E-state index contributed by atoms with van der Waals surface area (Å²) in [6, 6.07) is 15.1. The molecule has 1 heterocycles. The number of benzene rings is 2. The van der Waals surface area contributed by atoms with E-state index in [-0.39, 0.29) is 0 Å². The van der Waals surface area contributed by atoms with Gasteiger partial charge in [-0.15, -0.1) is 0 Å². The van der Waals surface area contributed by atoms with Crippen LogP contribution in [0, 0.1) is 0 Å². The van der Waals surface area contributed by atoms with Crippen molar-refractivity contribution in [3.05, 3.63) is 64.8 Å². The van der Waals surface area contributed by atoms with Crippen molar-refractivity contribution in [1.29, 1.82) is 0 Å². The highest BCUT2D eigenvalue weighted by Crippen LogP contribution is 2.31. The van der Waals surface area contributed by atoms with Crippen LogP contribution in [0.25, 0.3) is 22.5 Å². The van der Waals surface area contributed by atoms with Crippen LogP contribution in [0.3, 0.4) is 0 Å². The van der Waals surface area contributed by atoms with Crippen LogP contribution in [0.1, 0.15) is 0 Å². The van der Waals surface area contributed by atoms with Crippen LogP contribution < -0.4 is 5.32 Å². The number of anilines is 1. The number of hydrogen-bond donors (Lipinski definition) is 1. The molecule has 0 aliphatic rings. The maximum Gasteiger partial charge on any atom is 0.145 e. The standard InChI is InChI=1S/C19H17Cl2N3O/c1-25-11-10-22-17-12-23-18(13-2-6-15(20)7-3-13)19(24-17)14-4-8-16(21)9-5-14/h2-9,12H,10-11H2,1H3,(H,22,24). The Bertz CT molecular complexity index is 836. The minimum absolute atomic E-state index is 0.594. The third kappa shape index (κ3) is 4.48. The fraction of sp³-hybridized carbons (Fsp3) is 0.158. The zero-order valence-electron chi connectivity index (χ0n) is 13.7. The van der Waals surface area contributed by atoms with Crippen LogP contribution in [0.2, 0.25) is 10.0 Å². The minimum atomic E-state index is 0.594. The maximum absolute atomic E-state index is 6.01. The quantitative estimate of drug-likeness (QED) is 0.605. The van der Waals surface area contributed by atoms with E-state index in [1.165, 1.54) is 0 Å². The van der Waals surface area contributed by atoms with Gasteiger partial charge in [0, 0.05) is 34.8 Å². The summed E-state index contributed by atoms with van der Waals surface area (Å²) in [4.78, 5) is 9.35. The lowest BCUT2D eigenvalue weighted by Gasteiger charge is -2.12. The van der Waals surface area contributed by atoms with Crippen molar-refractivity contribution in [3.63, 3.8) is 0 Å². The molecule has 0 aliphatic heterocycles. The topological polar surface area (TPSA) is 47.0 Å². The van der Waals surface area contributed by atoms with Gasteiger partial charge >= 0.3 is 0 Å². The van der Waals surface area contributed by atoms with E-state index < -0.39 is 0 Å². The summed E-state index contributed by atoms with van der Waals surface area (Å²) in [7, 11) is 1.66. The molecule has 1 aromatic heterocycles. The Hall–Kier alpha value is -2.14. The average molecular weight is 374 g/mol. The van der Waals surface area contributed by atoms with E-state index in [9.17, 15) is 0 Å². The molecule has 0 unspecified atom stereocenters. The molecule has 0 aliphatic carbocycles. The number of halogens is 2. The van der Waals surface area contributed by atoms with Crippen LogP contribution in [-0.2, 0) is 4.74 Å². The van der Waals surface area contributed by atoms with Crippen molar-refractivity contribution in [2.45, 2.75) is 0 Å². The Morgan fingerprint density at radius 2 is 1.44 bits per heavy atom. The van der Waals surface area contributed by atoms with Gasteiger partial charge in [-0.2, -0.15) is 0 Å². The van der Waals surface area contributed by atoms with Crippen LogP contribution in [0.15, 0.2) is 54.7 Å². The zero-order chi connectivity index (χ0) is 17.6. The van der Waals surface area contributed by atoms with Crippen LogP contribution >= 0.6 is 23.2 Å². The Labute approximate surface area is 156 Å². The number of rotatable bonds is 6. The second-order valence-electron chi connectivity index (χ2n) is 5.39. The van der Waals surface area contributed by atoms with E-state index in [1.807, 2.05) is 48.5 Å². The van der Waals surface area contributed by atoms with Gasteiger partial charge in [0.15, 0.2) is 0 Å². The first-order valence-electron chi connectivity index (χ1n) is 7.79. The predicted molar refractivity (Wildman–Crippen MR) is 103 cm³/mol. The largest absolute Gasteiger partial charge is 0.383 e. The lowest BCUT2D eigenvalue weighted by Crippen LogP contribution is -2.09. The Morgan fingerprint density at radius 1 is 0.880 bits per heavy atom. The van der Waals surface area contributed by atoms with Gasteiger partial charge in [-0.1, -0.05) is 47.5 Å². The average Bonchev–Trinajstić information content (AvgIpc) is 2.63. The molecular weight excluding hydrogens is 357 g/mol. The number of methoxy groups -OCH3 is 1. The smallest absolute Gasteiger partial charge is 0.145 e. The molecule has 128 valence electrons. The van der Waals surface area contributed by atoms with Gasteiger partial charge in [-0.25, -0.2) is 4.98 Å². The molecule has 0 spiro atoms. The highest BCUT2D eigenvalue weighted by atomic mass is 35.5. The molecule has 4 nitrogen and oxygen atoms in total. The Morgan fingerprint density at radius 3 is 2.00 bits per heavy atom. The molecular formula is C19H17Cl2N3O. The molecule has 0 fully saturated rings. The van der Waals surface area contributed by atoms with E-state index in [0.29, 0.717) is 29.0 Å². The molecule has 0 saturated carbocycles. The van der Waals surface area contributed by atoms with Gasteiger partial charge < -0.3 is 10.1 Å². The normalized spacial score (nSPS) is 10.7. The predicted octanol–water partition coefficient (Wildman–Crippen LogP) is 5.18. The molecule has 3 aromatic rings.